The Bertz CT molecular complexity index is 559. The number of amides is 1. The molecule has 4 aliphatic rings. The molecule has 1 amide bonds. The summed E-state index contributed by atoms with van der Waals surface area (Å²) in [6, 6.07) is 0. The quantitative estimate of drug-likeness (QED) is 0.470. The second-order valence-corrected chi connectivity index (χ2v) is 11.5. The van der Waals surface area contributed by atoms with E-state index in [1.54, 1.807) is 0 Å². The third-order valence-electron chi connectivity index (χ3n) is 10.3. The molecular weight excluding hydrogens is 366 g/mol. The van der Waals surface area contributed by atoms with Crippen LogP contribution in [0.1, 0.15) is 125 Å². The lowest BCUT2D eigenvalue weighted by Crippen LogP contribution is -2.52. The zero-order valence-electron chi connectivity index (χ0n) is 20.9. The van der Waals surface area contributed by atoms with Crippen LogP contribution in [0.15, 0.2) is 0 Å². The van der Waals surface area contributed by atoms with Gasteiger partial charge in [0.05, 0.1) is 0 Å². The van der Waals surface area contributed by atoms with E-state index in [0.29, 0.717) is 10.8 Å². The van der Waals surface area contributed by atoms with Crippen molar-refractivity contribution in [2.45, 2.75) is 125 Å². The van der Waals surface area contributed by atoms with E-state index in [2.05, 4.69) is 26.1 Å². The van der Waals surface area contributed by atoms with Crippen molar-refractivity contribution in [1.82, 2.24) is 5.32 Å². The first kappa shape index (κ1) is 24.1. The van der Waals surface area contributed by atoms with E-state index in [4.69, 9.17) is 0 Å². The van der Waals surface area contributed by atoms with Crippen LogP contribution in [0.2, 0.25) is 0 Å². The van der Waals surface area contributed by atoms with E-state index in [9.17, 15) is 4.79 Å². The van der Waals surface area contributed by atoms with Crippen LogP contribution in [-0.4, -0.2) is 12.5 Å². The topological polar surface area (TPSA) is 29.1 Å². The van der Waals surface area contributed by atoms with Crippen molar-refractivity contribution < 1.29 is 4.79 Å². The van der Waals surface area contributed by atoms with Crippen molar-refractivity contribution in [3.8, 4) is 0 Å². The monoisotopic (exact) mass is 417 g/mol. The van der Waals surface area contributed by atoms with Gasteiger partial charge in [0.25, 0.3) is 0 Å². The third kappa shape index (κ3) is 4.49. The average molecular weight is 418 g/mol. The molecule has 4 rings (SSSR count). The average Bonchev–Trinajstić information content (AvgIpc) is 3.09. The van der Waals surface area contributed by atoms with Crippen LogP contribution in [-0.2, 0) is 4.79 Å². The van der Waals surface area contributed by atoms with Crippen molar-refractivity contribution in [2.24, 2.45) is 40.4 Å². The van der Waals surface area contributed by atoms with Crippen molar-refractivity contribution in [3.05, 3.63) is 0 Å². The molecule has 7 atom stereocenters. The Morgan fingerprint density at radius 1 is 0.900 bits per heavy atom. The Labute approximate surface area is 187 Å². The van der Waals surface area contributed by atoms with Gasteiger partial charge in [-0.15, -0.1) is 0 Å². The highest BCUT2D eigenvalue weighted by atomic mass is 16.1. The fraction of sp³-hybridized carbons (Fsp3) is 0.964. The molecule has 0 radical (unpaired) electrons. The molecule has 2 heteroatoms. The molecule has 1 N–H and O–H groups in total. The van der Waals surface area contributed by atoms with Gasteiger partial charge in [-0.05, 0) is 111 Å². The molecule has 4 aliphatic carbocycles. The Morgan fingerprint density at radius 2 is 1.67 bits per heavy atom. The first-order chi connectivity index (χ1) is 14.5. The molecule has 0 saturated heterocycles. The summed E-state index contributed by atoms with van der Waals surface area (Å²) >= 11 is 0. The minimum atomic E-state index is 0.272. The van der Waals surface area contributed by atoms with E-state index in [1.165, 1.54) is 70.6 Å². The molecule has 4 saturated carbocycles. The van der Waals surface area contributed by atoms with Crippen molar-refractivity contribution in [3.63, 3.8) is 0 Å². The van der Waals surface area contributed by atoms with Crippen LogP contribution in [0.4, 0.5) is 0 Å². The lowest BCUT2D eigenvalue weighted by molar-refractivity contribution is -0.121. The summed E-state index contributed by atoms with van der Waals surface area (Å²) in [4.78, 5) is 12.0. The van der Waals surface area contributed by atoms with Gasteiger partial charge in [0, 0.05) is 13.0 Å². The van der Waals surface area contributed by atoms with Gasteiger partial charge in [0.2, 0.25) is 5.91 Å². The molecule has 30 heavy (non-hydrogen) atoms. The van der Waals surface area contributed by atoms with Crippen LogP contribution in [0, 0.1) is 40.4 Å². The second-order valence-electron chi connectivity index (χ2n) is 11.5. The summed E-state index contributed by atoms with van der Waals surface area (Å²) in [7, 11) is 0. The zero-order valence-corrected chi connectivity index (χ0v) is 20.9. The van der Waals surface area contributed by atoms with Crippen LogP contribution in [0.3, 0.4) is 0 Å². The van der Waals surface area contributed by atoms with Crippen LogP contribution >= 0.6 is 0 Å². The maximum absolute atomic E-state index is 12.0. The molecule has 0 aromatic rings. The Morgan fingerprint density at radius 3 is 2.43 bits per heavy atom. The van der Waals surface area contributed by atoms with E-state index in [0.717, 1.165) is 55.4 Å². The summed E-state index contributed by atoms with van der Waals surface area (Å²) in [5.74, 6) is 5.18. The molecule has 174 valence electrons. The normalized spacial score (nSPS) is 42.2. The van der Waals surface area contributed by atoms with Gasteiger partial charge < -0.3 is 5.32 Å². The Hall–Kier alpha value is -0.530. The predicted molar refractivity (Wildman–Crippen MR) is 128 cm³/mol. The number of fused-ring (bicyclic) bond motifs is 5. The molecule has 0 aromatic heterocycles. The molecule has 0 aromatic carbocycles. The number of rotatable bonds is 6. The van der Waals surface area contributed by atoms with Gasteiger partial charge in [-0.1, -0.05) is 47.5 Å². The molecule has 2 nitrogen and oxygen atoms in total. The first-order valence-electron chi connectivity index (χ1n) is 13.8. The fourth-order valence-electron chi connectivity index (χ4n) is 8.74. The number of carbonyl (C=O) groups excluding carboxylic acids is 1. The summed E-state index contributed by atoms with van der Waals surface area (Å²) in [6.07, 6.45) is 19.1. The highest BCUT2D eigenvalue weighted by Gasteiger charge is 2.59. The minimum absolute atomic E-state index is 0.272. The number of carbonyl (C=O) groups is 1. The number of hydrogen-bond acceptors (Lipinski definition) is 1. The second kappa shape index (κ2) is 10.4. The first-order valence-corrected chi connectivity index (χ1v) is 13.8. The van der Waals surface area contributed by atoms with Crippen molar-refractivity contribution in [2.75, 3.05) is 6.54 Å². The smallest absolute Gasteiger partial charge is 0.219 e. The van der Waals surface area contributed by atoms with E-state index in [-0.39, 0.29) is 5.91 Å². The highest BCUT2D eigenvalue weighted by molar-refractivity contribution is 5.75. The summed E-state index contributed by atoms with van der Waals surface area (Å²) in [5, 5.41) is 3.05. The van der Waals surface area contributed by atoms with Gasteiger partial charge in [-0.25, -0.2) is 0 Å². The molecule has 0 heterocycles. The number of hydrogen-bond donors (Lipinski definition) is 1. The van der Waals surface area contributed by atoms with Gasteiger partial charge in [-0.2, -0.15) is 0 Å². The Kier molecular flexibility index (Phi) is 8.35. The molecule has 7 unspecified atom stereocenters. The molecule has 0 aliphatic heterocycles. The zero-order chi connectivity index (χ0) is 21.8. The Balaban J connectivity index is 0.00000124. The summed E-state index contributed by atoms with van der Waals surface area (Å²) in [5.41, 5.74) is 1.23. The van der Waals surface area contributed by atoms with Crippen LogP contribution in [0.5, 0.6) is 0 Å². The van der Waals surface area contributed by atoms with Crippen LogP contribution < -0.4 is 5.32 Å². The summed E-state index contributed by atoms with van der Waals surface area (Å²) < 4.78 is 0. The van der Waals surface area contributed by atoms with Crippen molar-refractivity contribution in [1.29, 1.82) is 0 Å². The van der Waals surface area contributed by atoms with Gasteiger partial charge in [-0.3, -0.25) is 4.79 Å². The maximum atomic E-state index is 12.0. The standard InChI is InChI=1S/C26H45NO.C2H6/c1-4-18-27-24(28)10-7-9-20-12-14-22-21-13-11-19-8-5-6-16-25(19,2)23(21)15-17-26(20,22)3;1-2/h19-23H,4-18H2,1-3H3,(H,27,28);1-2H3. The molecule has 4 fully saturated rings. The van der Waals surface area contributed by atoms with Crippen LogP contribution in [0.25, 0.3) is 0 Å². The largest absolute Gasteiger partial charge is 0.356 e. The van der Waals surface area contributed by atoms with E-state index in [1.807, 2.05) is 13.8 Å². The van der Waals surface area contributed by atoms with E-state index >= 15 is 0 Å². The molecular formula is C28H51NO. The predicted octanol–water partition coefficient (Wildman–Crippen LogP) is 7.76. The maximum Gasteiger partial charge on any atom is 0.219 e. The lowest BCUT2D eigenvalue weighted by atomic mass is 9.45. The fourth-order valence-corrected chi connectivity index (χ4v) is 8.74. The van der Waals surface area contributed by atoms with E-state index < -0.39 is 0 Å². The highest BCUT2D eigenvalue weighted by Crippen LogP contribution is 2.67. The molecule has 0 spiro atoms. The SMILES string of the molecule is CC.CCCNC(=O)CCCC1CCC2C3CCC4CCCCC4(C)C3CCC12C. The van der Waals surface area contributed by atoms with Gasteiger partial charge >= 0.3 is 0 Å². The minimum Gasteiger partial charge on any atom is -0.356 e. The number of nitrogens with one attached hydrogen (secondary N) is 1. The lowest BCUT2D eigenvalue weighted by Gasteiger charge is -2.60. The molecule has 0 bridgehead atoms. The third-order valence-corrected chi connectivity index (χ3v) is 10.3. The summed E-state index contributed by atoms with van der Waals surface area (Å²) in [6.45, 7) is 12.3. The van der Waals surface area contributed by atoms with Crippen molar-refractivity contribution >= 4 is 5.91 Å². The van der Waals surface area contributed by atoms with Gasteiger partial charge in [0.15, 0.2) is 0 Å². The van der Waals surface area contributed by atoms with Gasteiger partial charge in [0.1, 0.15) is 0 Å².